The number of phenols is 1. The van der Waals surface area contributed by atoms with Crippen LogP contribution in [0, 0.1) is 0 Å². The van der Waals surface area contributed by atoms with Gasteiger partial charge in [-0.25, -0.2) is 0 Å². The molecule has 0 aliphatic rings. The molecule has 3 unspecified atom stereocenters. The summed E-state index contributed by atoms with van der Waals surface area (Å²) in [5, 5.41) is 10.8. The molecule has 0 radical (unpaired) electrons. The minimum absolute atomic E-state index is 0.00259. The van der Waals surface area contributed by atoms with Crippen molar-refractivity contribution in [2.24, 2.45) is 0 Å². The summed E-state index contributed by atoms with van der Waals surface area (Å²) < 4.78 is 0. The van der Waals surface area contributed by atoms with Crippen molar-refractivity contribution in [2.45, 2.75) is 111 Å². The van der Waals surface area contributed by atoms with Crippen LogP contribution in [0.25, 0.3) is 6.08 Å². The zero-order valence-corrected chi connectivity index (χ0v) is 22.6. The fourth-order valence-corrected chi connectivity index (χ4v) is 5.25. The smallest absolute Gasteiger partial charge is 0.186 e. The van der Waals surface area contributed by atoms with Gasteiger partial charge < -0.3 is 5.11 Å². The number of aryl methyl sites for hydroxylation is 1. The van der Waals surface area contributed by atoms with Crippen LogP contribution in [0.15, 0.2) is 36.4 Å². The van der Waals surface area contributed by atoms with Crippen molar-refractivity contribution >= 4 is 11.9 Å². The molecule has 34 heavy (non-hydrogen) atoms. The highest BCUT2D eigenvalue weighted by Crippen LogP contribution is 2.38. The minimum Gasteiger partial charge on any atom is -0.508 e. The molecule has 1 N–H and O–H groups in total. The average molecular weight is 463 g/mol. The lowest BCUT2D eigenvalue weighted by atomic mass is 9.82. The molecule has 0 saturated heterocycles. The molecule has 2 aromatic carbocycles. The Bertz CT molecular complexity index is 969. The zero-order valence-electron chi connectivity index (χ0n) is 22.6. The third-order valence-electron chi connectivity index (χ3n) is 7.19. The van der Waals surface area contributed by atoms with Crippen molar-refractivity contribution in [3.63, 3.8) is 0 Å². The number of hydrogen-bond donors (Lipinski definition) is 1. The summed E-state index contributed by atoms with van der Waals surface area (Å²) in [5.41, 5.74) is 6.32. The van der Waals surface area contributed by atoms with E-state index in [1.54, 1.807) is 12.1 Å². The fourth-order valence-electron chi connectivity index (χ4n) is 5.25. The normalized spacial score (nSPS) is 14.3. The fraction of sp³-hybridized carbons (Fsp3) is 0.531. The molecule has 0 aromatic heterocycles. The van der Waals surface area contributed by atoms with Gasteiger partial charge in [0.05, 0.1) is 0 Å². The molecule has 0 bridgehead atoms. The van der Waals surface area contributed by atoms with Crippen molar-refractivity contribution in [1.29, 1.82) is 0 Å². The Kier molecular flexibility index (Phi) is 11.1. The van der Waals surface area contributed by atoms with Gasteiger partial charge in [0, 0.05) is 11.1 Å². The van der Waals surface area contributed by atoms with E-state index in [2.05, 4.69) is 66.7 Å². The second kappa shape index (κ2) is 13.5. The number of phenolic OH excluding ortho intramolecular Hbond substituents is 1. The van der Waals surface area contributed by atoms with E-state index < -0.39 is 0 Å². The van der Waals surface area contributed by atoms with Crippen LogP contribution < -0.4 is 0 Å². The molecule has 2 nitrogen and oxygen atoms in total. The lowest BCUT2D eigenvalue weighted by Gasteiger charge is -2.22. The minimum atomic E-state index is 0.00259. The van der Waals surface area contributed by atoms with Gasteiger partial charge in [-0.3, -0.25) is 4.79 Å². The van der Waals surface area contributed by atoms with E-state index in [0.717, 1.165) is 61.6 Å². The summed E-state index contributed by atoms with van der Waals surface area (Å²) in [4.78, 5) is 13.8. The Labute approximate surface area is 208 Å². The van der Waals surface area contributed by atoms with Crippen LogP contribution in [0.5, 0.6) is 5.75 Å². The van der Waals surface area contributed by atoms with E-state index in [1.807, 2.05) is 12.1 Å². The van der Waals surface area contributed by atoms with Crippen LogP contribution in [0.2, 0.25) is 0 Å². The Morgan fingerprint density at radius 1 is 0.824 bits per heavy atom. The number of rotatable bonds is 13. The largest absolute Gasteiger partial charge is 0.508 e. The summed E-state index contributed by atoms with van der Waals surface area (Å²) in [5.74, 6) is 1.11. The van der Waals surface area contributed by atoms with Crippen LogP contribution in [-0.4, -0.2) is 10.9 Å². The van der Waals surface area contributed by atoms with E-state index in [1.165, 1.54) is 11.1 Å². The molecule has 0 saturated carbocycles. The summed E-state index contributed by atoms with van der Waals surface area (Å²) in [6.45, 7) is 15.3. The molecular weight excluding hydrogens is 416 g/mol. The van der Waals surface area contributed by atoms with Crippen molar-refractivity contribution in [3.05, 3.63) is 69.8 Å². The molecule has 2 rings (SSSR count). The van der Waals surface area contributed by atoms with Gasteiger partial charge in [0.15, 0.2) is 5.78 Å². The van der Waals surface area contributed by atoms with Crippen LogP contribution in [0.3, 0.4) is 0 Å². The average Bonchev–Trinajstić information content (AvgIpc) is 2.82. The molecule has 3 atom stereocenters. The number of ketones is 1. The van der Waals surface area contributed by atoms with Crippen LogP contribution in [-0.2, 0) is 6.42 Å². The molecule has 0 fully saturated rings. The zero-order chi connectivity index (χ0) is 25.3. The van der Waals surface area contributed by atoms with E-state index in [0.29, 0.717) is 11.5 Å². The van der Waals surface area contributed by atoms with Crippen LogP contribution in [0.1, 0.15) is 143 Å². The summed E-state index contributed by atoms with van der Waals surface area (Å²) in [7, 11) is 0. The van der Waals surface area contributed by atoms with E-state index >= 15 is 0 Å². The highest BCUT2D eigenvalue weighted by atomic mass is 16.3. The monoisotopic (exact) mass is 462 g/mol. The van der Waals surface area contributed by atoms with Gasteiger partial charge >= 0.3 is 0 Å². The Morgan fingerprint density at radius 2 is 1.38 bits per heavy atom. The first-order valence-electron chi connectivity index (χ1n) is 13.5. The Morgan fingerprint density at radius 3 is 1.97 bits per heavy atom. The molecule has 186 valence electrons. The summed E-state index contributed by atoms with van der Waals surface area (Å²) in [6.07, 6.45) is 11.0. The van der Waals surface area contributed by atoms with Crippen LogP contribution >= 0.6 is 0 Å². The maximum atomic E-state index is 13.8. The van der Waals surface area contributed by atoms with Gasteiger partial charge in [0.1, 0.15) is 5.75 Å². The lowest BCUT2D eigenvalue weighted by Crippen LogP contribution is -2.11. The topological polar surface area (TPSA) is 37.3 Å². The number of aromatic hydroxyl groups is 1. The quantitative estimate of drug-likeness (QED) is 0.238. The predicted octanol–water partition coefficient (Wildman–Crippen LogP) is 9.56. The van der Waals surface area contributed by atoms with Crippen molar-refractivity contribution in [2.75, 3.05) is 0 Å². The van der Waals surface area contributed by atoms with E-state index in [4.69, 9.17) is 0 Å². The second-order valence-electron chi connectivity index (χ2n) is 10.0. The first kappa shape index (κ1) is 27.9. The Hall–Kier alpha value is -2.35. The first-order chi connectivity index (χ1) is 16.3. The molecule has 0 aliphatic carbocycles. The molecule has 2 aromatic rings. The predicted molar refractivity (Wildman–Crippen MR) is 147 cm³/mol. The molecule has 0 amide bonds. The van der Waals surface area contributed by atoms with Gasteiger partial charge in [-0.05, 0) is 77.8 Å². The standard InChI is InChI=1S/C32H46O2/c1-8-12-22(5)27-17-15-25(11-4)21-26(27)16-19-30(34)32-28(23(6)13-9-2)18-20-29(33)31(32)24(7)14-10-3/h15-24,33H,8-14H2,1-7H3/b19-16-. The highest BCUT2D eigenvalue weighted by molar-refractivity contribution is 6.09. The summed E-state index contributed by atoms with van der Waals surface area (Å²) in [6, 6.07) is 10.4. The Balaban J connectivity index is 2.60. The summed E-state index contributed by atoms with van der Waals surface area (Å²) >= 11 is 0. The molecule has 2 heteroatoms. The van der Waals surface area contributed by atoms with Gasteiger partial charge in [0.25, 0.3) is 0 Å². The maximum Gasteiger partial charge on any atom is 0.186 e. The molecule has 0 heterocycles. The van der Waals surface area contributed by atoms with Crippen molar-refractivity contribution in [1.82, 2.24) is 0 Å². The van der Waals surface area contributed by atoms with Crippen molar-refractivity contribution in [3.8, 4) is 5.75 Å². The molecule has 0 aliphatic heterocycles. The third kappa shape index (κ3) is 6.84. The molecule has 0 spiro atoms. The lowest BCUT2D eigenvalue weighted by molar-refractivity contribution is 0.104. The van der Waals surface area contributed by atoms with Crippen molar-refractivity contribution < 1.29 is 9.90 Å². The second-order valence-corrected chi connectivity index (χ2v) is 10.0. The van der Waals surface area contributed by atoms with Gasteiger partial charge in [-0.15, -0.1) is 0 Å². The van der Waals surface area contributed by atoms with E-state index in [9.17, 15) is 9.90 Å². The number of hydrogen-bond acceptors (Lipinski definition) is 2. The number of carbonyl (C=O) groups is 1. The highest BCUT2D eigenvalue weighted by Gasteiger charge is 2.24. The van der Waals surface area contributed by atoms with E-state index in [-0.39, 0.29) is 23.4 Å². The van der Waals surface area contributed by atoms with Gasteiger partial charge in [0.2, 0.25) is 0 Å². The number of benzene rings is 2. The third-order valence-corrected chi connectivity index (χ3v) is 7.19. The van der Waals surface area contributed by atoms with Gasteiger partial charge in [-0.1, -0.05) is 98.1 Å². The van der Waals surface area contributed by atoms with Crippen LogP contribution in [0.4, 0.5) is 0 Å². The molecular formula is C32H46O2. The SMILES string of the molecule is CCCC(C)c1ccc(CC)cc1/C=C\C(=O)c1c(C(C)CCC)ccc(O)c1C(C)CCC. The maximum absolute atomic E-state index is 13.8. The first-order valence-corrected chi connectivity index (χ1v) is 13.5. The number of allylic oxidation sites excluding steroid dienone is 1. The number of carbonyl (C=O) groups excluding carboxylic acids is 1. The van der Waals surface area contributed by atoms with Gasteiger partial charge in [-0.2, -0.15) is 0 Å².